The van der Waals surface area contributed by atoms with Crippen LogP contribution in [0.5, 0.6) is 17.2 Å². The lowest BCUT2D eigenvalue weighted by Gasteiger charge is -2.27. The van der Waals surface area contributed by atoms with Gasteiger partial charge in [-0.25, -0.2) is 0 Å². The Labute approximate surface area is 196 Å². The van der Waals surface area contributed by atoms with Gasteiger partial charge in [-0.3, -0.25) is 9.69 Å². The number of rotatable bonds is 8. The van der Waals surface area contributed by atoms with Gasteiger partial charge in [-0.15, -0.1) is 0 Å². The fourth-order valence-electron chi connectivity index (χ4n) is 4.00. The lowest BCUT2D eigenvalue weighted by molar-refractivity contribution is 0.0321. The zero-order chi connectivity index (χ0) is 24.1. The summed E-state index contributed by atoms with van der Waals surface area (Å²) in [5.41, 5.74) is 6.17. The third-order valence-corrected chi connectivity index (χ3v) is 5.66. The SMILES string of the molecule is CCOc1cc([C@H]2C(C#N)=C(N)Oc3c2oc(CO)cc3=O)ccc1OCCN1CCOCC1. The quantitative estimate of drug-likeness (QED) is 0.584. The number of benzene rings is 1. The summed E-state index contributed by atoms with van der Waals surface area (Å²) >= 11 is 0. The molecule has 10 nitrogen and oxygen atoms in total. The van der Waals surface area contributed by atoms with Crippen molar-refractivity contribution in [1.29, 1.82) is 5.26 Å². The van der Waals surface area contributed by atoms with Gasteiger partial charge in [0.15, 0.2) is 17.3 Å². The van der Waals surface area contributed by atoms with Crippen molar-refractivity contribution in [1.82, 2.24) is 4.90 Å². The van der Waals surface area contributed by atoms with Gasteiger partial charge in [0.05, 0.1) is 25.7 Å². The summed E-state index contributed by atoms with van der Waals surface area (Å²) in [6.45, 7) is 6.21. The summed E-state index contributed by atoms with van der Waals surface area (Å²) in [6, 6.07) is 8.45. The molecule has 180 valence electrons. The summed E-state index contributed by atoms with van der Waals surface area (Å²) < 4.78 is 28.3. The van der Waals surface area contributed by atoms with E-state index in [0.717, 1.165) is 38.9 Å². The number of nitrogens with two attached hydrogens (primary N) is 1. The van der Waals surface area contributed by atoms with E-state index in [4.69, 9.17) is 29.1 Å². The molecule has 3 heterocycles. The molecular formula is C24H27N3O7. The number of aliphatic hydroxyl groups excluding tert-OH is 1. The first-order chi connectivity index (χ1) is 16.5. The Kier molecular flexibility index (Phi) is 7.37. The molecule has 34 heavy (non-hydrogen) atoms. The van der Waals surface area contributed by atoms with Crippen LogP contribution in [0.15, 0.2) is 44.9 Å². The molecule has 0 amide bonds. The van der Waals surface area contributed by atoms with Gasteiger partial charge in [0, 0.05) is 25.7 Å². The Morgan fingerprint density at radius 1 is 1.24 bits per heavy atom. The van der Waals surface area contributed by atoms with Gasteiger partial charge < -0.3 is 34.2 Å². The highest BCUT2D eigenvalue weighted by molar-refractivity contribution is 5.55. The maximum atomic E-state index is 12.5. The van der Waals surface area contributed by atoms with Crippen molar-refractivity contribution in [2.24, 2.45) is 5.73 Å². The molecule has 2 aliphatic heterocycles. The Balaban J connectivity index is 1.66. The summed E-state index contributed by atoms with van der Waals surface area (Å²) in [5, 5.41) is 19.3. The second-order valence-corrected chi connectivity index (χ2v) is 7.79. The summed E-state index contributed by atoms with van der Waals surface area (Å²) in [6.07, 6.45) is 0. The van der Waals surface area contributed by atoms with E-state index in [1.165, 1.54) is 0 Å². The molecule has 0 unspecified atom stereocenters. The van der Waals surface area contributed by atoms with Crippen LogP contribution in [-0.4, -0.2) is 56.1 Å². The first-order valence-electron chi connectivity index (χ1n) is 11.1. The zero-order valence-corrected chi connectivity index (χ0v) is 18.9. The molecule has 1 aromatic carbocycles. The topological polar surface area (TPSA) is 140 Å². The molecule has 0 spiro atoms. The predicted octanol–water partition coefficient (Wildman–Crippen LogP) is 1.46. The number of fused-ring (bicyclic) bond motifs is 1. The number of hydrogen-bond acceptors (Lipinski definition) is 10. The van der Waals surface area contributed by atoms with E-state index in [2.05, 4.69) is 11.0 Å². The molecule has 2 aromatic rings. The Bertz CT molecular complexity index is 1160. The molecule has 0 aliphatic carbocycles. The van der Waals surface area contributed by atoms with E-state index in [1.807, 2.05) is 6.92 Å². The minimum atomic E-state index is -0.811. The molecule has 0 bridgehead atoms. The van der Waals surface area contributed by atoms with Crippen LogP contribution in [0.25, 0.3) is 0 Å². The molecule has 1 saturated heterocycles. The van der Waals surface area contributed by atoms with Crippen molar-refractivity contribution in [3.8, 4) is 23.3 Å². The first-order valence-corrected chi connectivity index (χ1v) is 11.1. The highest BCUT2D eigenvalue weighted by Gasteiger charge is 2.35. The van der Waals surface area contributed by atoms with Crippen LogP contribution in [-0.2, 0) is 11.3 Å². The monoisotopic (exact) mass is 469 g/mol. The average Bonchev–Trinajstić information content (AvgIpc) is 2.85. The van der Waals surface area contributed by atoms with Crippen molar-refractivity contribution >= 4 is 0 Å². The third kappa shape index (κ3) is 4.87. The number of nitriles is 1. The Morgan fingerprint density at radius 2 is 2.03 bits per heavy atom. The summed E-state index contributed by atoms with van der Waals surface area (Å²) in [7, 11) is 0. The lowest BCUT2D eigenvalue weighted by atomic mass is 9.87. The fourth-order valence-corrected chi connectivity index (χ4v) is 4.00. The first kappa shape index (κ1) is 23.6. The van der Waals surface area contributed by atoms with Gasteiger partial charge in [0.25, 0.3) is 0 Å². The van der Waals surface area contributed by atoms with Crippen LogP contribution in [0.1, 0.15) is 29.9 Å². The normalized spacial score (nSPS) is 18.1. The van der Waals surface area contributed by atoms with Gasteiger partial charge in [-0.2, -0.15) is 5.26 Å². The molecule has 0 radical (unpaired) electrons. The standard InChI is InChI=1S/C24H27N3O7/c1-2-31-20-11-15(3-4-19(20)32-10-7-27-5-8-30-9-6-27)21-17(13-25)24(26)34-22-18(29)12-16(14-28)33-23(21)22/h3-4,11-12,21,28H,2,5-10,14,26H2,1H3/t21-/m0/s1. The van der Waals surface area contributed by atoms with Crippen LogP contribution < -0.4 is 25.4 Å². The van der Waals surface area contributed by atoms with Crippen LogP contribution in [0.4, 0.5) is 0 Å². The maximum Gasteiger partial charge on any atom is 0.228 e. The molecule has 1 fully saturated rings. The summed E-state index contributed by atoms with van der Waals surface area (Å²) in [4.78, 5) is 14.8. The minimum Gasteiger partial charge on any atom is -0.490 e. The zero-order valence-electron chi connectivity index (χ0n) is 18.9. The average molecular weight is 469 g/mol. The van der Waals surface area contributed by atoms with E-state index >= 15 is 0 Å². The smallest absolute Gasteiger partial charge is 0.228 e. The molecule has 3 N–H and O–H groups in total. The van der Waals surface area contributed by atoms with Gasteiger partial charge in [-0.05, 0) is 24.6 Å². The largest absolute Gasteiger partial charge is 0.490 e. The number of morpholine rings is 1. The fraction of sp³-hybridized carbons (Fsp3) is 0.417. The van der Waals surface area contributed by atoms with Crippen molar-refractivity contribution in [2.75, 3.05) is 46.1 Å². The van der Waals surface area contributed by atoms with Crippen molar-refractivity contribution in [2.45, 2.75) is 19.4 Å². The molecule has 4 rings (SSSR count). The molecule has 1 aromatic heterocycles. The lowest BCUT2D eigenvalue weighted by Crippen LogP contribution is -2.38. The molecule has 1 atom stereocenters. The number of aliphatic hydroxyl groups is 1. The van der Waals surface area contributed by atoms with E-state index in [-0.39, 0.29) is 28.7 Å². The minimum absolute atomic E-state index is 0.0585. The molecule has 0 saturated carbocycles. The second kappa shape index (κ2) is 10.6. The van der Waals surface area contributed by atoms with Crippen LogP contribution in [0, 0.1) is 11.3 Å². The second-order valence-electron chi connectivity index (χ2n) is 7.79. The van der Waals surface area contributed by atoms with Crippen molar-refractivity contribution < 1.29 is 28.5 Å². The number of hydrogen-bond donors (Lipinski definition) is 2. The number of allylic oxidation sites excluding steroid dienone is 1. The molecule has 2 aliphatic rings. The van der Waals surface area contributed by atoms with Crippen molar-refractivity contribution in [3.05, 3.63) is 63.0 Å². The highest BCUT2D eigenvalue weighted by Crippen LogP contribution is 2.43. The number of nitrogens with zero attached hydrogens (tertiary/aromatic N) is 2. The Hall–Kier alpha value is -3.52. The van der Waals surface area contributed by atoms with Crippen LogP contribution in [0.2, 0.25) is 0 Å². The van der Waals surface area contributed by atoms with Gasteiger partial charge in [0.1, 0.15) is 30.6 Å². The van der Waals surface area contributed by atoms with Crippen LogP contribution in [0.3, 0.4) is 0 Å². The van der Waals surface area contributed by atoms with Crippen LogP contribution >= 0.6 is 0 Å². The Morgan fingerprint density at radius 3 is 2.74 bits per heavy atom. The van der Waals surface area contributed by atoms with Gasteiger partial charge >= 0.3 is 0 Å². The number of ether oxygens (including phenoxy) is 4. The van der Waals surface area contributed by atoms with E-state index < -0.39 is 18.0 Å². The van der Waals surface area contributed by atoms with E-state index in [0.29, 0.717) is 30.3 Å². The van der Waals surface area contributed by atoms with Gasteiger partial charge in [0.2, 0.25) is 17.1 Å². The molecule has 10 heteroatoms. The van der Waals surface area contributed by atoms with E-state index in [1.54, 1.807) is 18.2 Å². The predicted molar refractivity (Wildman–Crippen MR) is 121 cm³/mol. The highest BCUT2D eigenvalue weighted by atomic mass is 16.5. The maximum absolute atomic E-state index is 12.5. The van der Waals surface area contributed by atoms with Crippen molar-refractivity contribution in [3.63, 3.8) is 0 Å². The summed E-state index contributed by atoms with van der Waals surface area (Å²) in [5.74, 6) is 0.123. The van der Waals surface area contributed by atoms with Gasteiger partial charge in [-0.1, -0.05) is 6.07 Å². The molecular weight excluding hydrogens is 442 g/mol. The third-order valence-electron chi connectivity index (χ3n) is 5.66. The van der Waals surface area contributed by atoms with E-state index in [9.17, 15) is 15.2 Å².